The maximum Gasteiger partial charge on any atom is 0.350 e. The standard InChI is InChI=1S/C21H19ClN2O3S/c1-14-19(28-20(24-14)16-5-3-2-4-6-16)21(26)27-13-18(25)23-12-11-15-7-9-17(22)10-8-15/h2-10H,11-13H2,1H3,(H,23,25). The maximum absolute atomic E-state index is 12.3. The number of ether oxygens (including phenoxy) is 1. The fraction of sp³-hybridized carbons (Fsp3) is 0.190. The average molecular weight is 415 g/mol. The van der Waals surface area contributed by atoms with Crippen LogP contribution in [0.15, 0.2) is 54.6 Å². The first-order valence-corrected chi connectivity index (χ1v) is 9.93. The molecule has 0 atom stereocenters. The fourth-order valence-corrected chi connectivity index (χ4v) is 3.63. The molecule has 1 aromatic heterocycles. The van der Waals surface area contributed by atoms with Crippen LogP contribution in [0.4, 0.5) is 0 Å². The Bertz CT molecular complexity index is 956. The van der Waals surface area contributed by atoms with Crippen LogP contribution in [0.5, 0.6) is 0 Å². The summed E-state index contributed by atoms with van der Waals surface area (Å²) in [7, 11) is 0. The van der Waals surface area contributed by atoms with Crippen LogP contribution >= 0.6 is 22.9 Å². The molecule has 1 heterocycles. The molecule has 0 radical (unpaired) electrons. The molecule has 0 unspecified atom stereocenters. The van der Waals surface area contributed by atoms with E-state index in [2.05, 4.69) is 10.3 Å². The van der Waals surface area contributed by atoms with Gasteiger partial charge in [-0.25, -0.2) is 9.78 Å². The molecule has 5 nitrogen and oxygen atoms in total. The molecule has 0 aliphatic carbocycles. The SMILES string of the molecule is Cc1nc(-c2ccccc2)sc1C(=O)OCC(=O)NCCc1ccc(Cl)cc1. The molecule has 0 spiro atoms. The van der Waals surface area contributed by atoms with Crippen molar-refractivity contribution in [2.75, 3.05) is 13.2 Å². The molecule has 0 saturated carbocycles. The van der Waals surface area contributed by atoms with Gasteiger partial charge in [0.15, 0.2) is 6.61 Å². The van der Waals surface area contributed by atoms with E-state index in [1.54, 1.807) is 6.92 Å². The predicted octanol–water partition coefficient (Wildman–Crippen LogP) is 4.29. The Kier molecular flexibility index (Phi) is 6.79. The number of carbonyl (C=O) groups is 2. The van der Waals surface area contributed by atoms with Gasteiger partial charge in [0.25, 0.3) is 5.91 Å². The number of rotatable bonds is 7. The van der Waals surface area contributed by atoms with Crippen LogP contribution in [0.25, 0.3) is 10.6 Å². The second kappa shape index (κ2) is 9.48. The third kappa shape index (κ3) is 5.41. The van der Waals surface area contributed by atoms with Gasteiger partial charge < -0.3 is 10.1 Å². The lowest BCUT2D eigenvalue weighted by atomic mass is 10.1. The third-order valence-corrected chi connectivity index (χ3v) is 5.42. The van der Waals surface area contributed by atoms with Gasteiger partial charge in [-0.15, -0.1) is 11.3 Å². The van der Waals surface area contributed by atoms with E-state index in [9.17, 15) is 9.59 Å². The lowest BCUT2D eigenvalue weighted by Crippen LogP contribution is -2.30. The summed E-state index contributed by atoms with van der Waals surface area (Å²) in [5.41, 5.74) is 2.60. The Morgan fingerprint density at radius 1 is 1.11 bits per heavy atom. The summed E-state index contributed by atoms with van der Waals surface area (Å²) in [6.07, 6.45) is 0.672. The summed E-state index contributed by atoms with van der Waals surface area (Å²) in [6, 6.07) is 17.0. The molecule has 0 aliphatic heterocycles. The van der Waals surface area contributed by atoms with Gasteiger partial charge >= 0.3 is 5.97 Å². The minimum absolute atomic E-state index is 0.322. The van der Waals surface area contributed by atoms with E-state index < -0.39 is 5.97 Å². The number of nitrogens with zero attached hydrogens (tertiary/aromatic N) is 1. The Morgan fingerprint density at radius 2 is 1.82 bits per heavy atom. The first kappa shape index (κ1) is 20.0. The van der Waals surface area contributed by atoms with E-state index in [0.29, 0.717) is 28.6 Å². The van der Waals surface area contributed by atoms with Crippen molar-refractivity contribution < 1.29 is 14.3 Å². The zero-order chi connectivity index (χ0) is 19.9. The molecule has 1 amide bonds. The predicted molar refractivity (Wildman–Crippen MR) is 111 cm³/mol. The van der Waals surface area contributed by atoms with Crippen molar-refractivity contribution in [2.24, 2.45) is 0 Å². The van der Waals surface area contributed by atoms with Gasteiger partial charge in [-0.05, 0) is 31.0 Å². The number of benzene rings is 2. The molecular formula is C21H19ClN2O3S. The molecule has 7 heteroatoms. The van der Waals surface area contributed by atoms with Crippen molar-refractivity contribution in [1.82, 2.24) is 10.3 Å². The Morgan fingerprint density at radius 3 is 2.54 bits per heavy atom. The highest BCUT2D eigenvalue weighted by atomic mass is 35.5. The monoisotopic (exact) mass is 414 g/mol. The number of carbonyl (C=O) groups excluding carboxylic acids is 2. The molecule has 28 heavy (non-hydrogen) atoms. The number of halogens is 1. The maximum atomic E-state index is 12.3. The van der Waals surface area contributed by atoms with Crippen LogP contribution in [0, 0.1) is 6.92 Å². The topological polar surface area (TPSA) is 68.3 Å². The van der Waals surface area contributed by atoms with Crippen LogP contribution in [-0.4, -0.2) is 30.0 Å². The average Bonchev–Trinajstić information content (AvgIpc) is 3.10. The van der Waals surface area contributed by atoms with Gasteiger partial charge in [-0.2, -0.15) is 0 Å². The molecular weight excluding hydrogens is 396 g/mol. The van der Waals surface area contributed by atoms with E-state index in [1.165, 1.54) is 11.3 Å². The summed E-state index contributed by atoms with van der Waals surface area (Å²) in [5, 5.41) is 4.16. The highest BCUT2D eigenvalue weighted by Crippen LogP contribution is 2.28. The summed E-state index contributed by atoms with van der Waals surface area (Å²) in [6.45, 7) is 1.89. The smallest absolute Gasteiger partial charge is 0.350 e. The quantitative estimate of drug-likeness (QED) is 0.585. The van der Waals surface area contributed by atoms with E-state index in [1.807, 2.05) is 54.6 Å². The van der Waals surface area contributed by atoms with Crippen LogP contribution < -0.4 is 5.32 Å². The van der Waals surface area contributed by atoms with Crippen molar-refractivity contribution in [2.45, 2.75) is 13.3 Å². The number of amides is 1. The minimum Gasteiger partial charge on any atom is -0.451 e. The highest BCUT2D eigenvalue weighted by Gasteiger charge is 2.18. The van der Waals surface area contributed by atoms with Crippen molar-refractivity contribution in [3.05, 3.63) is 75.8 Å². The second-order valence-electron chi connectivity index (χ2n) is 6.10. The summed E-state index contributed by atoms with van der Waals surface area (Å²) in [4.78, 5) is 29.0. The Hall–Kier alpha value is -2.70. The molecule has 3 aromatic rings. The summed E-state index contributed by atoms with van der Waals surface area (Å²) < 4.78 is 5.14. The normalized spacial score (nSPS) is 10.5. The lowest BCUT2D eigenvalue weighted by molar-refractivity contribution is -0.124. The minimum atomic E-state index is -0.537. The fourth-order valence-electron chi connectivity index (χ4n) is 2.54. The first-order valence-electron chi connectivity index (χ1n) is 8.74. The van der Waals surface area contributed by atoms with Gasteiger partial charge in [-0.1, -0.05) is 54.1 Å². The molecule has 144 valence electrons. The lowest BCUT2D eigenvalue weighted by Gasteiger charge is -2.06. The molecule has 1 N–H and O–H groups in total. The van der Waals surface area contributed by atoms with Gasteiger partial charge in [0.05, 0.1) is 5.69 Å². The summed E-state index contributed by atoms with van der Waals surface area (Å²) >= 11 is 7.10. The number of hydrogen-bond donors (Lipinski definition) is 1. The second-order valence-corrected chi connectivity index (χ2v) is 7.54. The van der Waals surface area contributed by atoms with Gasteiger partial charge in [0.1, 0.15) is 9.88 Å². The largest absolute Gasteiger partial charge is 0.451 e. The molecule has 2 aromatic carbocycles. The van der Waals surface area contributed by atoms with Crippen LogP contribution in [0.1, 0.15) is 20.9 Å². The van der Waals surface area contributed by atoms with Crippen molar-refractivity contribution in [1.29, 1.82) is 0 Å². The van der Waals surface area contributed by atoms with E-state index in [-0.39, 0.29) is 12.5 Å². The number of hydrogen-bond acceptors (Lipinski definition) is 5. The van der Waals surface area contributed by atoms with Crippen molar-refractivity contribution in [3.63, 3.8) is 0 Å². The van der Waals surface area contributed by atoms with E-state index in [4.69, 9.17) is 16.3 Å². The van der Waals surface area contributed by atoms with Crippen LogP contribution in [-0.2, 0) is 16.0 Å². The van der Waals surface area contributed by atoms with Gasteiger partial charge in [0.2, 0.25) is 0 Å². The molecule has 0 fully saturated rings. The first-order chi connectivity index (χ1) is 13.5. The zero-order valence-electron chi connectivity index (χ0n) is 15.3. The number of esters is 1. The van der Waals surface area contributed by atoms with Gasteiger partial charge in [-0.3, -0.25) is 4.79 Å². The third-order valence-electron chi connectivity index (χ3n) is 3.99. The van der Waals surface area contributed by atoms with Crippen LogP contribution in [0.2, 0.25) is 5.02 Å². The Balaban J connectivity index is 1.48. The molecule has 3 rings (SSSR count). The van der Waals surface area contributed by atoms with E-state index in [0.717, 1.165) is 16.1 Å². The Labute approximate surface area is 172 Å². The molecule has 0 aliphatic rings. The number of thiazole rings is 1. The van der Waals surface area contributed by atoms with Crippen molar-refractivity contribution >= 4 is 34.8 Å². The molecule has 0 saturated heterocycles. The zero-order valence-corrected chi connectivity index (χ0v) is 16.8. The summed E-state index contributed by atoms with van der Waals surface area (Å²) in [5.74, 6) is -0.877. The number of nitrogens with one attached hydrogen (secondary N) is 1. The van der Waals surface area contributed by atoms with E-state index >= 15 is 0 Å². The van der Waals surface area contributed by atoms with Crippen LogP contribution in [0.3, 0.4) is 0 Å². The van der Waals surface area contributed by atoms with Gasteiger partial charge in [0, 0.05) is 17.1 Å². The highest BCUT2D eigenvalue weighted by molar-refractivity contribution is 7.17. The number of aromatic nitrogens is 1. The van der Waals surface area contributed by atoms with Crippen molar-refractivity contribution in [3.8, 4) is 10.6 Å². The number of aryl methyl sites for hydroxylation is 1. The molecule has 0 bridgehead atoms.